The number of nitrogens with one attached hydrogen (secondary N) is 2. The molecule has 0 aromatic rings. The minimum Gasteiger partial charge on any atom is -0.394 e. The lowest BCUT2D eigenvalue weighted by atomic mass is 9.97. The van der Waals surface area contributed by atoms with E-state index in [9.17, 15) is 24.9 Å². The number of amides is 2. The third-order valence-electron chi connectivity index (χ3n) is 4.18. The first-order chi connectivity index (χ1) is 12.4. The lowest BCUT2D eigenvalue weighted by molar-refractivity contribution is -0.270. The van der Waals surface area contributed by atoms with Crippen molar-refractivity contribution in [1.82, 2.24) is 10.6 Å². The number of unbranched alkanes of at least 4 members (excludes halogenated alkanes) is 2. The van der Waals surface area contributed by atoms with Crippen molar-refractivity contribution in [3.05, 3.63) is 0 Å². The van der Waals surface area contributed by atoms with Crippen LogP contribution in [0.4, 0.5) is 0 Å². The highest BCUT2D eigenvalue weighted by molar-refractivity contribution is 5.75. The SMILES string of the molecule is CCCCNC(=O)CCCCO[C@@H]1O[C@H](CO)[C@H](O)[C@H](O)[C@H]1NC(C)=O. The Kier molecular flexibility index (Phi) is 10.7. The van der Waals surface area contributed by atoms with E-state index < -0.39 is 43.2 Å². The van der Waals surface area contributed by atoms with Gasteiger partial charge in [0, 0.05) is 26.5 Å². The van der Waals surface area contributed by atoms with Gasteiger partial charge in [-0.15, -0.1) is 0 Å². The summed E-state index contributed by atoms with van der Waals surface area (Å²) < 4.78 is 11.0. The summed E-state index contributed by atoms with van der Waals surface area (Å²) >= 11 is 0. The van der Waals surface area contributed by atoms with Crippen molar-refractivity contribution in [1.29, 1.82) is 0 Å². The van der Waals surface area contributed by atoms with Crippen molar-refractivity contribution in [2.75, 3.05) is 19.8 Å². The summed E-state index contributed by atoms with van der Waals surface area (Å²) in [6.45, 7) is 3.80. The van der Waals surface area contributed by atoms with Crippen LogP contribution < -0.4 is 10.6 Å². The zero-order valence-electron chi connectivity index (χ0n) is 15.5. The molecule has 0 aromatic heterocycles. The molecule has 1 aliphatic rings. The molecule has 1 saturated heterocycles. The average molecular weight is 376 g/mol. The summed E-state index contributed by atoms with van der Waals surface area (Å²) in [4.78, 5) is 22.9. The van der Waals surface area contributed by atoms with E-state index in [0.29, 0.717) is 25.8 Å². The summed E-state index contributed by atoms with van der Waals surface area (Å²) in [6, 6.07) is -0.942. The molecule has 0 saturated carbocycles. The van der Waals surface area contributed by atoms with Crippen LogP contribution in [0.2, 0.25) is 0 Å². The van der Waals surface area contributed by atoms with E-state index in [-0.39, 0.29) is 12.5 Å². The van der Waals surface area contributed by atoms with Gasteiger partial charge in [0.05, 0.1) is 6.61 Å². The first kappa shape index (κ1) is 22.8. The van der Waals surface area contributed by atoms with Crippen LogP contribution in [0, 0.1) is 0 Å². The van der Waals surface area contributed by atoms with E-state index >= 15 is 0 Å². The number of hydrogen-bond donors (Lipinski definition) is 5. The first-order valence-corrected chi connectivity index (χ1v) is 9.18. The Labute approximate surface area is 154 Å². The lowest BCUT2D eigenvalue weighted by Crippen LogP contribution is -2.64. The molecule has 9 nitrogen and oxygen atoms in total. The minimum absolute atomic E-state index is 0.00220. The number of ether oxygens (including phenoxy) is 2. The average Bonchev–Trinajstić information content (AvgIpc) is 2.60. The zero-order chi connectivity index (χ0) is 19.5. The first-order valence-electron chi connectivity index (χ1n) is 9.18. The quantitative estimate of drug-likeness (QED) is 0.293. The van der Waals surface area contributed by atoms with E-state index in [4.69, 9.17) is 9.47 Å². The molecule has 0 spiro atoms. The van der Waals surface area contributed by atoms with Crippen molar-refractivity contribution in [2.45, 2.75) is 76.6 Å². The second-order valence-corrected chi connectivity index (χ2v) is 6.46. The zero-order valence-corrected chi connectivity index (χ0v) is 15.5. The molecule has 1 heterocycles. The molecule has 26 heavy (non-hydrogen) atoms. The molecule has 5 atom stereocenters. The van der Waals surface area contributed by atoms with Gasteiger partial charge >= 0.3 is 0 Å². The van der Waals surface area contributed by atoms with Gasteiger partial charge in [0.15, 0.2) is 6.29 Å². The van der Waals surface area contributed by atoms with Crippen LogP contribution in [-0.4, -0.2) is 77.5 Å². The third kappa shape index (κ3) is 7.55. The van der Waals surface area contributed by atoms with Crippen LogP contribution in [-0.2, 0) is 19.1 Å². The van der Waals surface area contributed by atoms with E-state index in [1.165, 1.54) is 6.92 Å². The monoisotopic (exact) mass is 376 g/mol. The lowest BCUT2D eigenvalue weighted by Gasteiger charge is -2.42. The fraction of sp³-hybridized carbons (Fsp3) is 0.882. The van der Waals surface area contributed by atoms with Crippen molar-refractivity contribution >= 4 is 11.8 Å². The van der Waals surface area contributed by atoms with Crippen LogP contribution in [0.3, 0.4) is 0 Å². The van der Waals surface area contributed by atoms with Crippen LogP contribution in [0.25, 0.3) is 0 Å². The normalized spacial score (nSPS) is 28.6. The van der Waals surface area contributed by atoms with Crippen LogP contribution >= 0.6 is 0 Å². The summed E-state index contributed by atoms with van der Waals surface area (Å²) in [7, 11) is 0. The van der Waals surface area contributed by atoms with E-state index in [2.05, 4.69) is 17.6 Å². The molecule has 0 unspecified atom stereocenters. The molecule has 0 aromatic carbocycles. The number of carbonyl (C=O) groups is 2. The third-order valence-corrected chi connectivity index (χ3v) is 4.18. The minimum atomic E-state index is -1.33. The smallest absolute Gasteiger partial charge is 0.219 e. The number of hydrogen-bond acceptors (Lipinski definition) is 7. The van der Waals surface area contributed by atoms with E-state index in [1.807, 2.05) is 0 Å². The summed E-state index contributed by atoms with van der Waals surface area (Å²) in [6.07, 6.45) is -1.03. The molecule has 0 radical (unpaired) electrons. The summed E-state index contributed by atoms with van der Waals surface area (Å²) in [5.74, 6) is -0.396. The van der Waals surface area contributed by atoms with E-state index in [1.54, 1.807) is 0 Å². The molecule has 0 bridgehead atoms. The highest BCUT2D eigenvalue weighted by Gasteiger charge is 2.45. The maximum Gasteiger partial charge on any atom is 0.219 e. The van der Waals surface area contributed by atoms with E-state index in [0.717, 1.165) is 12.8 Å². The predicted octanol–water partition coefficient (Wildman–Crippen LogP) is -0.967. The Balaban J connectivity index is 2.39. The molecule has 152 valence electrons. The van der Waals surface area contributed by atoms with Crippen molar-refractivity contribution in [2.24, 2.45) is 0 Å². The molecule has 1 rings (SSSR count). The van der Waals surface area contributed by atoms with Crippen LogP contribution in [0.15, 0.2) is 0 Å². The van der Waals surface area contributed by atoms with Gasteiger partial charge in [0.1, 0.15) is 24.4 Å². The Hall–Kier alpha value is -1.26. The van der Waals surface area contributed by atoms with Gasteiger partial charge in [-0.2, -0.15) is 0 Å². The van der Waals surface area contributed by atoms with Gasteiger partial charge in [-0.3, -0.25) is 9.59 Å². The Morgan fingerprint density at radius 1 is 1.15 bits per heavy atom. The van der Waals surface area contributed by atoms with Gasteiger partial charge in [-0.25, -0.2) is 0 Å². The van der Waals surface area contributed by atoms with Gasteiger partial charge < -0.3 is 35.4 Å². The molecule has 1 fully saturated rings. The Bertz CT molecular complexity index is 435. The maximum absolute atomic E-state index is 11.6. The van der Waals surface area contributed by atoms with Gasteiger partial charge in [0.2, 0.25) is 11.8 Å². The summed E-state index contributed by atoms with van der Waals surface area (Å²) in [5, 5.41) is 34.6. The maximum atomic E-state index is 11.6. The van der Waals surface area contributed by atoms with Crippen LogP contribution in [0.5, 0.6) is 0 Å². The van der Waals surface area contributed by atoms with Gasteiger partial charge in [-0.05, 0) is 19.3 Å². The number of aliphatic hydroxyl groups excluding tert-OH is 3. The number of rotatable bonds is 11. The molecule has 9 heteroatoms. The number of aliphatic hydroxyl groups is 3. The van der Waals surface area contributed by atoms with Gasteiger partial charge in [0.25, 0.3) is 0 Å². The second kappa shape index (κ2) is 12.2. The second-order valence-electron chi connectivity index (χ2n) is 6.46. The fourth-order valence-electron chi connectivity index (χ4n) is 2.69. The van der Waals surface area contributed by atoms with Crippen LogP contribution in [0.1, 0.15) is 46.0 Å². The summed E-state index contributed by atoms with van der Waals surface area (Å²) in [5.41, 5.74) is 0. The molecular formula is C17H32N2O7. The molecule has 1 aliphatic heterocycles. The highest BCUT2D eigenvalue weighted by Crippen LogP contribution is 2.22. The highest BCUT2D eigenvalue weighted by atomic mass is 16.7. The van der Waals surface area contributed by atoms with Crippen molar-refractivity contribution in [3.63, 3.8) is 0 Å². The molecule has 0 aliphatic carbocycles. The van der Waals surface area contributed by atoms with Crippen molar-refractivity contribution < 1.29 is 34.4 Å². The Morgan fingerprint density at radius 3 is 2.50 bits per heavy atom. The standard InChI is InChI=1S/C17H32N2O7/c1-3-4-8-18-13(22)7-5-6-9-25-17-14(19-11(2)21)16(24)15(23)12(10-20)26-17/h12,14-17,20,23-24H,3-10H2,1-2H3,(H,18,22)(H,19,21)/t12-,14-,15+,16-,17-/m1/s1. The van der Waals surface area contributed by atoms with Gasteiger partial charge in [-0.1, -0.05) is 13.3 Å². The van der Waals surface area contributed by atoms with Crippen molar-refractivity contribution in [3.8, 4) is 0 Å². The fourth-order valence-corrected chi connectivity index (χ4v) is 2.69. The Morgan fingerprint density at radius 2 is 1.88 bits per heavy atom. The largest absolute Gasteiger partial charge is 0.394 e. The topological polar surface area (TPSA) is 137 Å². The molecular weight excluding hydrogens is 344 g/mol. The number of carbonyl (C=O) groups excluding carboxylic acids is 2. The predicted molar refractivity (Wildman–Crippen MR) is 93.1 cm³/mol. The molecule has 5 N–H and O–H groups in total. The molecule has 2 amide bonds.